The van der Waals surface area contributed by atoms with Gasteiger partial charge < -0.3 is 10.6 Å². The number of nitrogens with zero attached hydrogens (tertiary/aromatic N) is 1. The van der Waals surface area contributed by atoms with Gasteiger partial charge in [-0.05, 0) is 93.5 Å². The average Bonchev–Trinajstić information content (AvgIpc) is 3.09. The van der Waals surface area contributed by atoms with Crippen LogP contribution < -0.4 is 10.6 Å². The molecule has 6 heteroatoms. The normalized spacial score (nSPS) is 28.0. The van der Waals surface area contributed by atoms with E-state index < -0.39 is 0 Å². The van der Waals surface area contributed by atoms with Gasteiger partial charge in [-0.3, -0.25) is 9.69 Å². The molecule has 5 nitrogen and oxygen atoms in total. The number of Topliss-reactive ketones (excluding diaryl/α,β-unsaturated/α-hetero) is 1. The molecule has 0 spiro atoms. The maximum absolute atomic E-state index is 13.3. The number of carbonyl (C=O) groups is 2. The summed E-state index contributed by atoms with van der Waals surface area (Å²) in [6.07, 6.45) is 10.5. The van der Waals surface area contributed by atoms with Gasteiger partial charge in [0.2, 0.25) is 0 Å². The molecule has 2 amide bonds. The highest BCUT2D eigenvalue weighted by Gasteiger charge is 2.42. The molecule has 4 atom stereocenters. The number of amides is 2. The largest absolute Gasteiger partial charge is 0.335 e. The number of halogens is 1. The summed E-state index contributed by atoms with van der Waals surface area (Å²) >= 11 is 0. The van der Waals surface area contributed by atoms with Gasteiger partial charge in [-0.15, -0.1) is 0 Å². The quantitative estimate of drug-likeness (QED) is 0.454. The van der Waals surface area contributed by atoms with Crippen molar-refractivity contribution < 1.29 is 14.0 Å². The van der Waals surface area contributed by atoms with Crippen molar-refractivity contribution in [1.82, 2.24) is 10.2 Å². The Kier molecular flexibility index (Phi) is 7.70. The van der Waals surface area contributed by atoms with Crippen molar-refractivity contribution in [3.8, 4) is 0 Å². The van der Waals surface area contributed by atoms with Crippen molar-refractivity contribution in [3.05, 3.63) is 65.5 Å². The van der Waals surface area contributed by atoms with Crippen LogP contribution >= 0.6 is 0 Å². The number of fused-ring (bicyclic) bond motifs is 2. The first-order valence-electron chi connectivity index (χ1n) is 13.6. The molecule has 192 valence electrons. The second-order valence-corrected chi connectivity index (χ2v) is 11.1. The molecule has 0 aromatic heterocycles. The standard InChI is InChI=1S/C30H38FN3O2/c1-20(35)23-6-4-7-26(18-23)32-30(36)33-29-8-3-2-5-24(29)19-34-27-13-14-28(34)17-22(16-27)15-21-9-11-25(31)12-10-21/h4,6-7,9-12,18,22,24,27-29H,2-3,5,8,13-17,19H2,1H3,(H2,32,33,36)/t22?,24-,27?,28?,29?/m1/s1. The molecule has 2 heterocycles. The third-order valence-electron chi connectivity index (χ3n) is 8.62. The van der Waals surface area contributed by atoms with E-state index in [1.54, 1.807) is 30.3 Å². The van der Waals surface area contributed by atoms with E-state index in [0.717, 1.165) is 32.2 Å². The van der Waals surface area contributed by atoms with E-state index in [9.17, 15) is 14.0 Å². The van der Waals surface area contributed by atoms with Crippen LogP contribution in [0.3, 0.4) is 0 Å². The predicted octanol–water partition coefficient (Wildman–Crippen LogP) is 6.19. The summed E-state index contributed by atoms with van der Waals surface area (Å²) in [6.45, 7) is 2.59. The molecule has 1 aliphatic carbocycles. The van der Waals surface area contributed by atoms with Crippen LogP contribution in [-0.2, 0) is 6.42 Å². The minimum atomic E-state index is -0.186. The number of benzene rings is 2. The molecule has 1 saturated carbocycles. The van der Waals surface area contributed by atoms with Gasteiger partial charge >= 0.3 is 6.03 Å². The topological polar surface area (TPSA) is 61.4 Å². The van der Waals surface area contributed by atoms with Crippen LogP contribution in [-0.4, -0.2) is 41.4 Å². The average molecular weight is 492 g/mol. The Morgan fingerprint density at radius 1 is 0.972 bits per heavy atom. The highest BCUT2D eigenvalue weighted by molar-refractivity contribution is 5.96. The Hall–Kier alpha value is -2.73. The van der Waals surface area contributed by atoms with Crippen LogP contribution in [0.25, 0.3) is 0 Å². The third-order valence-corrected chi connectivity index (χ3v) is 8.62. The second-order valence-electron chi connectivity index (χ2n) is 11.1. The van der Waals surface area contributed by atoms with Crippen molar-refractivity contribution >= 4 is 17.5 Å². The molecule has 3 fully saturated rings. The van der Waals surface area contributed by atoms with Gasteiger partial charge in [0.1, 0.15) is 5.82 Å². The molecule has 3 unspecified atom stereocenters. The van der Waals surface area contributed by atoms with Gasteiger partial charge in [-0.2, -0.15) is 0 Å². The van der Waals surface area contributed by atoms with Gasteiger partial charge in [0, 0.05) is 35.9 Å². The van der Waals surface area contributed by atoms with Crippen LogP contribution in [0.1, 0.15) is 74.2 Å². The molecule has 0 radical (unpaired) electrons. The molecular weight excluding hydrogens is 453 g/mol. The van der Waals surface area contributed by atoms with E-state index >= 15 is 0 Å². The maximum Gasteiger partial charge on any atom is 0.319 e. The van der Waals surface area contributed by atoms with Gasteiger partial charge in [0.25, 0.3) is 0 Å². The number of piperidine rings is 1. The predicted molar refractivity (Wildman–Crippen MR) is 141 cm³/mol. The molecule has 5 rings (SSSR count). The molecule has 2 bridgehead atoms. The highest BCUT2D eigenvalue weighted by atomic mass is 19.1. The van der Waals surface area contributed by atoms with Crippen LogP contribution in [0, 0.1) is 17.7 Å². The molecule has 3 aliphatic rings. The first-order valence-corrected chi connectivity index (χ1v) is 13.6. The van der Waals surface area contributed by atoms with Crippen molar-refractivity contribution in [2.24, 2.45) is 11.8 Å². The smallest absolute Gasteiger partial charge is 0.319 e. The molecule has 36 heavy (non-hydrogen) atoms. The highest BCUT2D eigenvalue weighted by Crippen LogP contribution is 2.41. The van der Waals surface area contributed by atoms with Crippen LogP contribution in [0.4, 0.5) is 14.9 Å². The number of hydrogen-bond acceptors (Lipinski definition) is 3. The number of urea groups is 1. The molecular formula is C30H38FN3O2. The fourth-order valence-corrected chi connectivity index (χ4v) is 6.84. The molecule has 2 aromatic rings. The Balaban J connectivity index is 1.17. The summed E-state index contributed by atoms with van der Waals surface area (Å²) in [4.78, 5) is 27.3. The third kappa shape index (κ3) is 5.97. The fourth-order valence-electron chi connectivity index (χ4n) is 6.84. The summed E-state index contributed by atoms with van der Waals surface area (Å²) in [5, 5.41) is 6.19. The number of ketones is 1. The van der Waals surface area contributed by atoms with Gasteiger partial charge in [0.15, 0.2) is 5.78 Å². The zero-order chi connectivity index (χ0) is 25.1. The summed E-state index contributed by atoms with van der Waals surface area (Å²) in [7, 11) is 0. The van der Waals surface area contributed by atoms with Crippen molar-refractivity contribution in [1.29, 1.82) is 0 Å². The van der Waals surface area contributed by atoms with Gasteiger partial charge in [-0.25, -0.2) is 9.18 Å². The lowest BCUT2D eigenvalue weighted by Gasteiger charge is -2.43. The number of rotatable bonds is 7. The lowest BCUT2D eigenvalue weighted by Crippen LogP contribution is -2.51. The van der Waals surface area contributed by atoms with Crippen molar-refractivity contribution in [2.75, 3.05) is 11.9 Å². The van der Waals surface area contributed by atoms with Crippen LogP contribution in [0.15, 0.2) is 48.5 Å². The number of nitrogens with one attached hydrogen (secondary N) is 2. The Morgan fingerprint density at radius 2 is 1.69 bits per heavy atom. The lowest BCUT2D eigenvalue weighted by molar-refractivity contribution is 0.0698. The summed E-state index contributed by atoms with van der Waals surface area (Å²) in [5.74, 6) is 0.954. The lowest BCUT2D eigenvalue weighted by atomic mass is 9.81. The minimum Gasteiger partial charge on any atom is -0.335 e. The first kappa shape index (κ1) is 24.9. The van der Waals surface area contributed by atoms with E-state index in [-0.39, 0.29) is 23.7 Å². The Morgan fingerprint density at radius 3 is 2.42 bits per heavy atom. The minimum absolute atomic E-state index is 0.0116. The molecule has 2 saturated heterocycles. The van der Waals surface area contributed by atoms with Crippen LogP contribution in [0.5, 0.6) is 0 Å². The zero-order valence-corrected chi connectivity index (χ0v) is 21.2. The fraction of sp³-hybridized carbons (Fsp3) is 0.533. The Labute approximate surface area is 213 Å². The molecule has 2 aliphatic heterocycles. The van der Waals surface area contributed by atoms with E-state index in [4.69, 9.17) is 0 Å². The van der Waals surface area contributed by atoms with Crippen molar-refractivity contribution in [2.45, 2.75) is 82.8 Å². The Bertz CT molecular complexity index is 1060. The summed E-state index contributed by atoms with van der Waals surface area (Å²) in [5.41, 5.74) is 2.49. The van der Waals surface area contributed by atoms with Gasteiger partial charge in [0.05, 0.1) is 0 Å². The molecule has 2 N–H and O–H groups in total. The number of hydrogen-bond donors (Lipinski definition) is 2. The number of carbonyl (C=O) groups excluding carboxylic acids is 2. The van der Waals surface area contributed by atoms with E-state index in [2.05, 4.69) is 15.5 Å². The maximum atomic E-state index is 13.3. The second kappa shape index (κ2) is 11.1. The first-order chi connectivity index (χ1) is 17.4. The SMILES string of the molecule is CC(=O)c1cccc(NC(=O)NC2CCCC[C@@H]2CN2C3CCC2CC(Cc2ccc(F)cc2)C3)c1. The zero-order valence-electron chi connectivity index (χ0n) is 21.2. The molecule has 2 aromatic carbocycles. The number of anilines is 1. The summed E-state index contributed by atoms with van der Waals surface area (Å²) < 4.78 is 13.3. The van der Waals surface area contributed by atoms with E-state index in [1.165, 1.54) is 44.6 Å². The van der Waals surface area contributed by atoms with E-state index in [1.807, 2.05) is 18.2 Å². The summed E-state index contributed by atoms with van der Waals surface area (Å²) in [6, 6.07) is 15.4. The van der Waals surface area contributed by atoms with E-state index in [0.29, 0.717) is 35.2 Å². The van der Waals surface area contributed by atoms with Gasteiger partial charge in [-0.1, -0.05) is 37.1 Å². The van der Waals surface area contributed by atoms with Crippen LogP contribution in [0.2, 0.25) is 0 Å². The monoisotopic (exact) mass is 491 g/mol. The van der Waals surface area contributed by atoms with Crippen molar-refractivity contribution in [3.63, 3.8) is 0 Å².